The maximum Gasteiger partial charge on any atom is 0.303 e. The second kappa shape index (κ2) is 7.82. The number of carbonyl (C=O) groups is 1. The van der Waals surface area contributed by atoms with Gasteiger partial charge in [0.2, 0.25) is 0 Å². The molecule has 0 aliphatic rings. The number of aromatic nitrogens is 1. The van der Waals surface area contributed by atoms with Crippen LogP contribution >= 0.6 is 0 Å². The van der Waals surface area contributed by atoms with E-state index in [1.54, 1.807) is 6.20 Å². The smallest absolute Gasteiger partial charge is 0.303 e. The third-order valence-corrected chi connectivity index (χ3v) is 3.08. The Kier molecular flexibility index (Phi) is 6.36. The van der Waals surface area contributed by atoms with Gasteiger partial charge in [-0.1, -0.05) is 13.0 Å². The molecule has 0 aromatic carbocycles. The predicted octanol–water partition coefficient (Wildman–Crippen LogP) is 2.37. The molecule has 0 fully saturated rings. The molecule has 0 saturated carbocycles. The molecule has 1 aromatic rings. The van der Waals surface area contributed by atoms with E-state index in [0.29, 0.717) is 5.92 Å². The Bertz CT molecular complexity index is 380. The first kappa shape index (κ1) is 14.6. The number of aliphatic carboxylic acids is 1. The second-order valence-electron chi connectivity index (χ2n) is 4.77. The average molecular weight is 250 g/mol. The van der Waals surface area contributed by atoms with Crippen molar-refractivity contribution in [1.82, 2.24) is 10.3 Å². The molecule has 0 saturated heterocycles. The second-order valence-corrected chi connectivity index (χ2v) is 4.77. The van der Waals surface area contributed by atoms with Crippen LogP contribution in [0.1, 0.15) is 37.4 Å². The first-order valence-electron chi connectivity index (χ1n) is 6.42. The fraction of sp³-hybridized carbons (Fsp3) is 0.571. The van der Waals surface area contributed by atoms with Crippen molar-refractivity contribution in [3.63, 3.8) is 0 Å². The highest BCUT2D eigenvalue weighted by atomic mass is 16.4. The van der Waals surface area contributed by atoms with Gasteiger partial charge >= 0.3 is 5.97 Å². The summed E-state index contributed by atoms with van der Waals surface area (Å²) in [5, 5.41) is 11.9. The molecule has 18 heavy (non-hydrogen) atoms. The Labute approximate surface area is 108 Å². The maximum absolute atomic E-state index is 10.4. The summed E-state index contributed by atoms with van der Waals surface area (Å²) in [6, 6.07) is 3.99. The summed E-state index contributed by atoms with van der Waals surface area (Å²) in [5.74, 6) is -0.266. The van der Waals surface area contributed by atoms with Gasteiger partial charge in [-0.3, -0.25) is 9.78 Å². The minimum absolute atomic E-state index is 0.264. The lowest BCUT2D eigenvalue weighted by Gasteiger charge is -2.11. The van der Waals surface area contributed by atoms with E-state index in [0.717, 1.165) is 31.6 Å². The molecule has 1 aromatic heterocycles. The van der Waals surface area contributed by atoms with Gasteiger partial charge in [0, 0.05) is 19.2 Å². The van der Waals surface area contributed by atoms with Crippen molar-refractivity contribution >= 4 is 5.97 Å². The molecule has 1 rings (SSSR count). The standard InChI is InChI=1S/C14H22N2O2/c1-11(5-6-14(17)18)7-9-15-10-13-12(2)4-3-8-16-13/h3-4,8,11,15H,5-7,9-10H2,1-2H3,(H,17,18). The van der Waals surface area contributed by atoms with Crippen LogP contribution in [0.2, 0.25) is 0 Å². The molecule has 0 aliphatic carbocycles. The van der Waals surface area contributed by atoms with Crippen LogP contribution < -0.4 is 5.32 Å². The fourth-order valence-electron chi connectivity index (χ4n) is 1.77. The van der Waals surface area contributed by atoms with Crippen molar-refractivity contribution in [3.8, 4) is 0 Å². The van der Waals surface area contributed by atoms with Crippen molar-refractivity contribution in [2.75, 3.05) is 6.54 Å². The van der Waals surface area contributed by atoms with E-state index in [1.165, 1.54) is 5.56 Å². The largest absolute Gasteiger partial charge is 0.481 e. The first-order valence-corrected chi connectivity index (χ1v) is 6.42. The molecular formula is C14H22N2O2. The topological polar surface area (TPSA) is 62.2 Å². The van der Waals surface area contributed by atoms with Crippen LogP contribution in [0.3, 0.4) is 0 Å². The SMILES string of the molecule is Cc1cccnc1CNCCC(C)CCC(=O)O. The van der Waals surface area contributed by atoms with Gasteiger partial charge < -0.3 is 10.4 Å². The minimum Gasteiger partial charge on any atom is -0.481 e. The summed E-state index contributed by atoms with van der Waals surface area (Å²) in [6.45, 7) is 5.82. The monoisotopic (exact) mass is 250 g/mol. The fourth-order valence-corrected chi connectivity index (χ4v) is 1.77. The lowest BCUT2D eigenvalue weighted by molar-refractivity contribution is -0.137. The highest BCUT2D eigenvalue weighted by Gasteiger charge is 2.05. The van der Waals surface area contributed by atoms with Crippen molar-refractivity contribution in [3.05, 3.63) is 29.6 Å². The number of pyridine rings is 1. The molecule has 1 atom stereocenters. The van der Waals surface area contributed by atoms with Crippen molar-refractivity contribution in [2.45, 2.75) is 39.7 Å². The number of nitrogens with zero attached hydrogens (tertiary/aromatic N) is 1. The summed E-state index contributed by atoms with van der Waals surface area (Å²) in [4.78, 5) is 14.7. The third kappa shape index (κ3) is 5.77. The normalized spacial score (nSPS) is 12.3. The van der Waals surface area contributed by atoms with E-state index in [9.17, 15) is 4.79 Å². The zero-order valence-corrected chi connectivity index (χ0v) is 11.1. The molecule has 1 unspecified atom stereocenters. The third-order valence-electron chi connectivity index (χ3n) is 3.08. The first-order chi connectivity index (χ1) is 8.59. The number of rotatable bonds is 8. The Morgan fingerprint density at radius 1 is 1.50 bits per heavy atom. The van der Waals surface area contributed by atoms with Gasteiger partial charge in [0.05, 0.1) is 5.69 Å². The molecule has 0 aliphatic heterocycles. The maximum atomic E-state index is 10.4. The highest BCUT2D eigenvalue weighted by Crippen LogP contribution is 2.09. The number of hydrogen-bond acceptors (Lipinski definition) is 3. The van der Waals surface area contributed by atoms with Gasteiger partial charge in [-0.15, -0.1) is 0 Å². The Morgan fingerprint density at radius 3 is 2.94 bits per heavy atom. The molecule has 2 N–H and O–H groups in total. The van der Waals surface area contributed by atoms with Crippen LogP contribution in [0.15, 0.2) is 18.3 Å². The van der Waals surface area contributed by atoms with Gasteiger partial charge in [-0.05, 0) is 43.9 Å². The van der Waals surface area contributed by atoms with Crippen LogP contribution in [-0.2, 0) is 11.3 Å². The quantitative estimate of drug-likeness (QED) is 0.695. The number of nitrogens with one attached hydrogen (secondary N) is 1. The van der Waals surface area contributed by atoms with Crippen molar-refractivity contribution in [1.29, 1.82) is 0 Å². The highest BCUT2D eigenvalue weighted by molar-refractivity contribution is 5.66. The lowest BCUT2D eigenvalue weighted by Crippen LogP contribution is -2.18. The van der Waals surface area contributed by atoms with E-state index in [1.807, 2.05) is 6.07 Å². The summed E-state index contributed by atoms with van der Waals surface area (Å²) in [7, 11) is 0. The van der Waals surface area contributed by atoms with Gasteiger partial charge in [-0.2, -0.15) is 0 Å². The zero-order valence-electron chi connectivity index (χ0n) is 11.1. The zero-order chi connectivity index (χ0) is 13.4. The lowest BCUT2D eigenvalue weighted by atomic mass is 10.0. The Balaban J connectivity index is 2.15. The van der Waals surface area contributed by atoms with Crippen LogP contribution in [0.5, 0.6) is 0 Å². The Hall–Kier alpha value is -1.42. The minimum atomic E-state index is -0.709. The number of hydrogen-bond donors (Lipinski definition) is 2. The van der Waals surface area contributed by atoms with Crippen LogP contribution in [0.4, 0.5) is 0 Å². The Morgan fingerprint density at radius 2 is 2.28 bits per heavy atom. The summed E-state index contributed by atoms with van der Waals surface area (Å²) < 4.78 is 0. The molecule has 4 nitrogen and oxygen atoms in total. The van der Waals surface area contributed by atoms with E-state index < -0.39 is 5.97 Å². The summed E-state index contributed by atoms with van der Waals surface area (Å²) in [5.41, 5.74) is 2.28. The molecule has 0 bridgehead atoms. The molecular weight excluding hydrogens is 228 g/mol. The molecule has 0 spiro atoms. The molecule has 4 heteroatoms. The van der Waals surface area contributed by atoms with Gasteiger partial charge in [0.15, 0.2) is 0 Å². The summed E-state index contributed by atoms with van der Waals surface area (Å²) >= 11 is 0. The van der Waals surface area contributed by atoms with Gasteiger partial charge in [0.1, 0.15) is 0 Å². The van der Waals surface area contributed by atoms with Gasteiger partial charge in [-0.25, -0.2) is 0 Å². The van der Waals surface area contributed by atoms with E-state index >= 15 is 0 Å². The molecule has 0 amide bonds. The van der Waals surface area contributed by atoms with Crippen molar-refractivity contribution < 1.29 is 9.90 Å². The van der Waals surface area contributed by atoms with E-state index in [2.05, 4.69) is 30.2 Å². The van der Waals surface area contributed by atoms with E-state index in [-0.39, 0.29) is 6.42 Å². The van der Waals surface area contributed by atoms with Crippen LogP contribution in [0, 0.1) is 12.8 Å². The molecule has 100 valence electrons. The number of aryl methyl sites for hydroxylation is 1. The van der Waals surface area contributed by atoms with E-state index in [4.69, 9.17) is 5.11 Å². The average Bonchev–Trinajstić information content (AvgIpc) is 2.34. The van der Waals surface area contributed by atoms with Gasteiger partial charge in [0.25, 0.3) is 0 Å². The van der Waals surface area contributed by atoms with Crippen LogP contribution in [-0.4, -0.2) is 22.6 Å². The summed E-state index contributed by atoms with van der Waals surface area (Å²) in [6.07, 6.45) is 3.82. The molecule has 1 heterocycles. The van der Waals surface area contributed by atoms with Crippen molar-refractivity contribution in [2.24, 2.45) is 5.92 Å². The predicted molar refractivity (Wildman–Crippen MR) is 71.3 cm³/mol. The molecule has 0 radical (unpaired) electrons. The number of carboxylic acid groups (broad SMARTS) is 1. The number of carboxylic acids is 1. The van der Waals surface area contributed by atoms with Crippen LogP contribution in [0.25, 0.3) is 0 Å².